The molecular formula is C15H20N2S. The molecule has 1 fully saturated rings. The first-order valence-electron chi connectivity index (χ1n) is 6.86. The van der Waals surface area contributed by atoms with Crippen LogP contribution in [0.25, 0.3) is 10.2 Å². The van der Waals surface area contributed by atoms with Gasteiger partial charge >= 0.3 is 0 Å². The van der Waals surface area contributed by atoms with Crippen LogP contribution in [0.2, 0.25) is 0 Å². The summed E-state index contributed by atoms with van der Waals surface area (Å²) >= 11 is 1.87. The minimum absolute atomic E-state index is 0.490. The van der Waals surface area contributed by atoms with E-state index in [-0.39, 0.29) is 0 Å². The highest BCUT2D eigenvalue weighted by Gasteiger charge is 2.37. The van der Waals surface area contributed by atoms with Crippen molar-refractivity contribution in [2.75, 3.05) is 13.1 Å². The van der Waals surface area contributed by atoms with Crippen molar-refractivity contribution in [3.8, 4) is 0 Å². The molecule has 2 aromatic rings. The Morgan fingerprint density at radius 3 is 2.83 bits per heavy atom. The van der Waals surface area contributed by atoms with Gasteiger partial charge in [-0.2, -0.15) is 0 Å². The monoisotopic (exact) mass is 260 g/mol. The van der Waals surface area contributed by atoms with Gasteiger partial charge in [-0.05, 0) is 36.9 Å². The molecule has 18 heavy (non-hydrogen) atoms. The highest BCUT2D eigenvalue weighted by Crippen LogP contribution is 2.44. The number of nitrogens with zero attached hydrogens (tertiary/aromatic N) is 1. The molecule has 1 aromatic heterocycles. The highest BCUT2D eigenvalue weighted by atomic mass is 32.1. The highest BCUT2D eigenvalue weighted by molar-refractivity contribution is 7.18. The van der Waals surface area contributed by atoms with Gasteiger partial charge in [0, 0.05) is 13.0 Å². The Bertz CT molecular complexity index is 495. The van der Waals surface area contributed by atoms with Crippen molar-refractivity contribution < 1.29 is 0 Å². The van der Waals surface area contributed by atoms with Crippen molar-refractivity contribution in [3.05, 3.63) is 29.3 Å². The first kappa shape index (κ1) is 12.1. The Hall–Kier alpha value is -0.930. The predicted molar refractivity (Wildman–Crippen MR) is 78.2 cm³/mol. The molecule has 3 heteroatoms. The predicted octanol–water partition coefficient (Wildman–Crippen LogP) is 3.62. The second-order valence-electron chi connectivity index (χ2n) is 5.39. The van der Waals surface area contributed by atoms with Crippen molar-refractivity contribution >= 4 is 21.6 Å². The molecule has 1 aromatic carbocycles. The summed E-state index contributed by atoms with van der Waals surface area (Å²) in [7, 11) is 0. The van der Waals surface area contributed by atoms with Gasteiger partial charge in [0.1, 0.15) is 0 Å². The second kappa shape index (κ2) is 4.98. The fraction of sp³-hybridized carbons (Fsp3) is 0.533. The molecule has 0 atom stereocenters. The SMILES string of the molecule is CCNCC1(Cc2nc3ccccc3s2)CCC1. The molecule has 2 nitrogen and oxygen atoms in total. The summed E-state index contributed by atoms with van der Waals surface area (Å²) in [5.74, 6) is 0. The van der Waals surface area contributed by atoms with Gasteiger partial charge in [0.2, 0.25) is 0 Å². The van der Waals surface area contributed by atoms with Crippen LogP contribution in [0.5, 0.6) is 0 Å². The largest absolute Gasteiger partial charge is 0.316 e. The molecule has 3 rings (SSSR count). The molecule has 96 valence electrons. The lowest BCUT2D eigenvalue weighted by Crippen LogP contribution is -2.41. The van der Waals surface area contributed by atoms with Gasteiger partial charge in [0.05, 0.1) is 15.2 Å². The number of aromatic nitrogens is 1. The van der Waals surface area contributed by atoms with Gasteiger partial charge in [-0.1, -0.05) is 25.5 Å². The lowest BCUT2D eigenvalue weighted by Gasteiger charge is -2.41. The fourth-order valence-electron chi connectivity index (χ4n) is 2.80. The zero-order valence-corrected chi connectivity index (χ0v) is 11.7. The Morgan fingerprint density at radius 2 is 2.17 bits per heavy atom. The summed E-state index contributed by atoms with van der Waals surface area (Å²) in [6, 6.07) is 8.47. The molecule has 0 aliphatic heterocycles. The Labute approximate surface area is 112 Å². The first-order chi connectivity index (χ1) is 8.81. The number of hydrogen-bond acceptors (Lipinski definition) is 3. The lowest BCUT2D eigenvalue weighted by molar-refractivity contribution is 0.131. The first-order valence-corrected chi connectivity index (χ1v) is 7.68. The van der Waals surface area contributed by atoms with Crippen molar-refractivity contribution in [1.82, 2.24) is 10.3 Å². The molecule has 0 bridgehead atoms. The molecule has 0 unspecified atom stereocenters. The van der Waals surface area contributed by atoms with Gasteiger partial charge in [0.25, 0.3) is 0 Å². The molecule has 1 saturated carbocycles. The third-order valence-electron chi connectivity index (χ3n) is 4.03. The molecule has 0 spiro atoms. The van der Waals surface area contributed by atoms with Crippen molar-refractivity contribution in [2.24, 2.45) is 5.41 Å². The molecule has 1 N–H and O–H groups in total. The van der Waals surface area contributed by atoms with Crippen molar-refractivity contribution in [2.45, 2.75) is 32.6 Å². The Morgan fingerprint density at radius 1 is 1.33 bits per heavy atom. The minimum Gasteiger partial charge on any atom is -0.316 e. The number of thiazole rings is 1. The number of nitrogens with one attached hydrogen (secondary N) is 1. The van der Waals surface area contributed by atoms with Crippen LogP contribution in [0.4, 0.5) is 0 Å². The van der Waals surface area contributed by atoms with E-state index in [2.05, 4.69) is 36.5 Å². The van der Waals surface area contributed by atoms with E-state index in [1.807, 2.05) is 11.3 Å². The summed E-state index contributed by atoms with van der Waals surface area (Å²) in [4.78, 5) is 4.78. The number of fused-ring (bicyclic) bond motifs is 1. The van der Waals surface area contributed by atoms with Crippen molar-refractivity contribution in [3.63, 3.8) is 0 Å². The van der Waals surface area contributed by atoms with Gasteiger partial charge in [-0.15, -0.1) is 11.3 Å². The van der Waals surface area contributed by atoms with E-state index in [1.165, 1.54) is 29.0 Å². The average Bonchev–Trinajstić information content (AvgIpc) is 2.74. The van der Waals surface area contributed by atoms with Gasteiger partial charge in [-0.25, -0.2) is 4.98 Å². The van der Waals surface area contributed by atoms with E-state index in [1.54, 1.807) is 0 Å². The lowest BCUT2D eigenvalue weighted by atomic mass is 9.66. The van der Waals surface area contributed by atoms with Crippen LogP contribution in [-0.4, -0.2) is 18.1 Å². The fourth-order valence-corrected chi connectivity index (χ4v) is 3.94. The third-order valence-corrected chi connectivity index (χ3v) is 5.07. The van der Waals surface area contributed by atoms with Crippen LogP contribution >= 0.6 is 11.3 Å². The maximum atomic E-state index is 4.78. The van der Waals surface area contributed by atoms with Gasteiger partial charge < -0.3 is 5.32 Å². The molecule has 0 saturated heterocycles. The van der Waals surface area contributed by atoms with Crippen LogP contribution in [0.1, 0.15) is 31.2 Å². The number of benzene rings is 1. The van der Waals surface area contributed by atoms with E-state index in [0.717, 1.165) is 25.0 Å². The number of hydrogen-bond donors (Lipinski definition) is 1. The summed E-state index contributed by atoms with van der Waals surface area (Å²) in [6.07, 6.45) is 5.25. The molecule has 1 heterocycles. The molecule has 1 aliphatic carbocycles. The zero-order valence-electron chi connectivity index (χ0n) is 10.9. The van der Waals surface area contributed by atoms with E-state index in [0.29, 0.717) is 5.41 Å². The summed E-state index contributed by atoms with van der Waals surface area (Å²) < 4.78 is 1.32. The topological polar surface area (TPSA) is 24.9 Å². The Balaban J connectivity index is 1.78. The second-order valence-corrected chi connectivity index (χ2v) is 6.50. The summed E-state index contributed by atoms with van der Waals surface area (Å²) in [6.45, 7) is 4.41. The van der Waals surface area contributed by atoms with Crippen LogP contribution in [0.15, 0.2) is 24.3 Å². The maximum Gasteiger partial charge on any atom is 0.0944 e. The summed E-state index contributed by atoms with van der Waals surface area (Å²) in [5.41, 5.74) is 1.65. The van der Waals surface area contributed by atoms with Crippen LogP contribution in [-0.2, 0) is 6.42 Å². The molecule has 1 aliphatic rings. The summed E-state index contributed by atoms with van der Waals surface area (Å²) in [5, 5.41) is 4.84. The molecule has 0 radical (unpaired) electrons. The smallest absolute Gasteiger partial charge is 0.0944 e. The number of para-hydroxylation sites is 1. The van der Waals surface area contributed by atoms with E-state index < -0.39 is 0 Å². The van der Waals surface area contributed by atoms with Gasteiger partial charge in [-0.3, -0.25) is 0 Å². The zero-order chi connectivity index (χ0) is 12.4. The van der Waals surface area contributed by atoms with Crippen LogP contribution in [0.3, 0.4) is 0 Å². The van der Waals surface area contributed by atoms with Crippen LogP contribution in [0, 0.1) is 5.41 Å². The van der Waals surface area contributed by atoms with E-state index in [9.17, 15) is 0 Å². The van der Waals surface area contributed by atoms with E-state index >= 15 is 0 Å². The standard InChI is InChI=1S/C15H20N2S/c1-2-16-11-15(8-5-9-15)10-14-17-12-6-3-4-7-13(12)18-14/h3-4,6-7,16H,2,5,8-11H2,1H3. The minimum atomic E-state index is 0.490. The third kappa shape index (κ3) is 2.29. The average molecular weight is 260 g/mol. The van der Waals surface area contributed by atoms with Crippen molar-refractivity contribution in [1.29, 1.82) is 0 Å². The quantitative estimate of drug-likeness (QED) is 0.888. The van der Waals surface area contributed by atoms with Gasteiger partial charge in [0.15, 0.2) is 0 Å². The van der Waals surface area contributed by atoms with E-state index in [4.69, 9.17) is 4.98 Å². The molecule has 0 amide bonds. The molecular weight excluding hydrogens is 240 g/mol. The van der Waals surface area contributed by atoms with Crippen LogP contribution < -0.4 is 5.32 Å². The Kier molecular flexibility index (Phi) is 3.35. The number of rotatable bonds is 5. The maximum absolute atomic E-state index is 4.78. The normalized spacial score (nSPS) is 17.8.